The van der Waals surface area contributed by atoms with Crippen LogP contribution in [0.2, 0.25) is 0 Å². The van der Waals surface area contributed by atoms with E-state index in [9.17, 15) is 5.11 Å². The summed E-state index contributed by atoms with van der Waals surface area (Å²) in [5.74, 6) is 0. The maximum absolute atomic E-state index is 9.89. The average molecular weight is 164 g/mol. The number of hydrogen-bond acceptors (Lipinski definition) is 1. The highest BCUT2D eigenvalue weighted by atomic mass is 16.3. The maximum atomic E-state index is 9.89. The molecule has 12 heavy (non-hydrogen) atoms. The zero-order valence-electron chi connectivity index (χ0n) is 7.96. The molecule has 1 rings (SSSR count). The Labute approximate surface area is 74.1 Å². The molecule has 0 unspecified atom stereocenters. The molecule has 0 heterocycles. The molecule has 0 aromatic heterocycles. The minimum absolute atomic E-state index is 0.673. The summed E-state index contributed by atoms with van der Waals surface area (Å²) in [5.41, 5.74) is 1.55. The lowest BCUT2D eigenvalue weighted by Crippen LogP contribution is -2.19. The van der Waals surface area contributed by atoms with Crippen molar-refractivity contribution < 1.29 is 5.11 Å². The second-order valence-corrected chi connectivity index (χ2v) is 3.49. The quantitative estimate of drug-likeness (QED) is 0.712. The van der Waals surface area contributed by atoms with Crippen molar-refractivity contribution in [2.45, 2.75) is 32.8 Å². The van der Waals surface area contributed by atoms with Crippen molar-refractivity contribution >= 4 is 0 Å². The van der Waals surface area contributed by atoms with E-state index in [2.05, 4.69) is 0 Å². The molecular weight excluding hydrogens is 148 g/mol. The Morgan fingerprint density at radius 1 is 1.25 bits per heavy atom. The van der Waals surface area contributed by atoms with Gasteiger partial charge in [0.2, 0.25) is 0 Å². The molecule has 1 N–H and O–H groups in total. The van der Waals surface area contributed by atoms with Crippen LogP contribution in [0.4, 0.5) is 0 Å². The number of aryl methyl sites for hydroxylation is 1. The van der Waals surface area contributed by atoms with Crippen LogP contribution in [-0.2, 0) is 5.60 Å². The van der Waals surface area contributed by atoms with E-state index < -0.39 is 5.60 Å². The van der Waals surface area contributed by atoms with Crippen molar-refractivity contribution in [2.75, 3.05) is 0 Å². The lowest BCUT2D eigenvalue weighted by molar-refractivity contribution is 0.0531. The van der Waals surface area contributed by atoms with Crippen LogP contribution < -0.4 is 0 Å². The Hall–Kier alpha value is -0.820. The maximum Gasteiger partial charge on any atom is 0.0865 e. The number of hydrogen-bond donors (Lipinski definition) is 1. The van der Waals surface area contributed by atoms with Crippen LogP contribution >= 0.6 is 0 Å². The van der Waals surface area contributed by atoms with Crippen LogP contribution in [-0.4, -0.2) is 5.11 Å². The van der Waals surface area contributed by atoms with E-state index in [4.69, 9.17) is 0 Å². The summed E-state index contributed by atoms with van der Waals surface area (Å²) in [7, 11) is 0. The van der Waals surface area contributed by atoms with Crippen molar-refractivity contribution in [3.05, 3.63) is 35.4 Å². The third-order valence-corrected chi connectivity index (χ3v) is 2.36. The van der Waals surface area contributed by atoms with Gasteiger partial charge in [0.05, 0.1) is 5.60 Å². The largest absolute Gasteiger partial charge is 0.385 e. The second kappa shape index (κ2) is 3.28. The minimum Gasteiger partial charge on any atom is -0.385 e. The van der Waals surface area contributed by atoms with E-state index >= 15 is 0 Å². The second-order valence-electron chi connectivity index (χ2n) is 3.49. The smallest absolute Gasteiger partial charge is 0.0865 e. The normalized spacial score (nSPS) is 15.7. The highest BCUT2D eigenvalue weighted by Crippen LogP contribution is 2.23. The van der Waals surface area contributed by atoms with Crippen molar-refractivity contribution in [2.24, 2.45) is 0 Å². The Morgan fingerprint density at radius 3 is 2.17 bits per heavy atom. The molecular formula is C11H16O. The molecule has 0 aliphatic heterocycles. The lowest BCUT2D eigenvalue weighted by Gasteiger charge is -2.21. The third kappa shape index (κ3) is 1.86. The summed E-state index contributed by atoms with van der Waals surface area (Å²) in [4.78, 5) is 0. The molecule has 0 saturated heterocycles. The predicted octanol–water partition coefficient (Wildman–Crippen LogP) is 2.61. The molecule has 0 aliphatic rings. The molecule has 66 valence electrons. The van der Waals surface area contributed by atoms with Gasteiger partial charge in [0.15, 0.2) is 0 Å². The number of rotatable bonds is 2. The van der Waals surface area contributed by atoms with Crippen molar-refractivity contribution in [3.8, 4) is 0 Å². The predicted molar refractivity (Wildman–Crippen MR) is 51.0 cm³/mol. The van der Waals surface area contributed by atoms with E-state index in [1.165, 1.54) is 5.56 Å². The first kappa shape index (κ1) is 9.27. The fourth-order valence-corrected chi connectivity index (χ4v) is 1.12. The van der Waals surface area contributed by atoms with Gasteiger partial charge in [-0.1, -0.05) is 36.8 Å². The van der Waals surface area contributed by atoms with Gasteiger partial charge in [-0.25, -0.2) is 0 Å². The standard InChI is InChI=1S/C11H16O/c1-4-11(3,12)10-7-5-9(2)6-8-10/h5-8,12H,4H2,1-3H3/t11-/m0/s1. The molecule has 0 radical (unpaired) electrons. The van der Waals surface area contributed by atoms with Crippen LogP contribution in [0.1, 0.15) is 31.4 Å². The summed E-state index contributed by atoms with van der Waals surface area (Å²) in [5, 5.41) is 9.89. The van der Waals surface area contributed by atoms with Crippen LogP contribution in [0.5, 0.6) is 0 Å². The van der Waals surface area contributed by atoms with Crippen molar-refractivity contribution in [3.63, 3.8) is 0 Å². The molecule has 0 bridgehead atoms. The number of aliphatic hydroxyl groups is 1. The van der Waals surface area contributed by atoms with E-state index in [1.807, 2.05) is 45.0 Å². The van der Waals surface area contributed by atoms with E-state index in [1.54, 1.807) is 0 Å². The molecule has 0 saturated carbocycles. The van der Waals surface area contributed by atoms with Gasteiger partial charge in [-0.2, -0.15) is 0 Å². The lowest BCUT2D eigenvalue weighted by atomic mass is 9.93. The summed E-state index contributed by atoms with van der Waals surface area (Å²) in [6.07, 6.45) is 0.746. The first-order chi connectivity index (χ1) is 5.56. The van der Waals surface area contributed by atoms with Gasteiger partial charge in [0.25, 0.3) is 0 Å². The van der Waals surface area contributed by atoms with Crippen LogP contribution in [0.25, 0.3) is 0 Å². The van der Waals surface area contributed by atoms with Gasteiger partial charge in [0, 0.05) is 0 Å². The van der Waals surface area contributed by atoms with Gasteiger partial charge >= 0.3 is 0 Å². The van der Waals surface area contributed by atoms with Gasteiger partial charge in [-0.15, -0.1) is 0 Å². The first-order valence-electron chi connectivity index (χ1n) is 4.36. The molecule has 1 aromatic carbocycles. The molecule has 1 atom stereocenters. The fraction of sp³-hybridized carbons (Fsp3) is 0.455. The molecule has 0 aliphatic carbocycles. The first-order valence-corrected chi connectivity index (χ1v) is 4.36. The van der Waals surface area contributed by atoms with Crippen molar-refractivity contribution in [1.29, 1.82) is 0 Å². The Bertz CT molecular complexity index is 246. The van der Waals surface area contributed by atoms with Gasteiger partial charge in [0.1, 0.15) is 0 Å². The highest BCUT2D eigenvalue weighted by molar-refractivity contribution is 5.25. The van der Waals surface area contributed by atoms with Crippen LogP contribution in [0.3, 0.4) is 0 Å². The highest BCUT2D eigenvalue weighted by Gasteiger charge is 2.19. The SMILES string of the molecule is CC[C@](C)(O)c1ccc(C)cc1. The average Bonchev–Trinajstić information content (AvgIpc) is 2.05. The van der Waals surface area contributed by atoms with E-state index in [-0.39, 0.29) is 0 Å². The van der Waals surface area contributed by atoms with E-state index in [0.29, 0.717) is 0 Å². The Kier molecular flexibility index (Phi) is 2.53. The minimum atomic E-state index is -0.673. The Balaban J connectivity index is 2.96. The fourth-order valence-electron chi connectivity index (χ4n) is 1.12. The van der Waals surface area contributed by atoms with Crippen molar-refractivity contribution in [1.82, 2.24) is 0 Å². The summed E-state index contributed by atoms with van der Waals surface area (Å²) < 4.78 is 0. The molecule has 0 fully saturated rings. The van der Waals surface area contributed by atoms with Gasteiger partial charge in [-0.3, -0.25) is 0 Å². The molecule has 0 spiro atoms. The third-order valence-electron chi connectivity index (χ3n) is 2.36. The van der Waals surface area contributed by atoms with E-state index in [0.717, 1.165) is 12.0 Å². The molecule has 0 amide bonds. The zero-order chi connectivity index (χ0) is 9.19. The van der Waals surface area contributed by atoms with Crippen LogP contribution in [0.15, 0.2) is 24.3 Å². The summed E-state index contributed by atoms with van der Waals surface area (Å²) in [6, 6.07) is 8.02. The Morgan fingerprint density at radius 2 is 1.75 bits per heavy atom. The summed E-state index contributed by atoms with van der Waals surface area (Å²) >= 11 is 0. The summed E-state index contributed by atoms with van der Waals surface area (Å²) in [6.45, 7) is 5.88. The van der Waals surface area contributed by atoms with Gasteiger partial charge < -0.3 is 5.11 Å². The zero-order valence-corrected chi connectivity index (χ0v) is 7.96. The monoisotopic (exact) mass is 164 g/mol. The van der Waals surface area contributed by atoms with Gasteiger partial charge in [-0.05, 0) is 25.8 Å². The molecule has 1 aromatic rings. The van der Waals surface area contributed by atoms with Crippen LogP contribution in [0, 0.1) is 6.92 Å². The topological polar surface area (TPSA) is 20.2 Å². The molecule has 1 heteroatoms. The number of benzene rings is 1. The molecule has 1 nitrogen and oxygen atoms in total.